The number of carbonyl (C=O) groups is 1. The van der Waals surface area contributed by atoms with Gasteiger partial charge in [0.1, 0.15) is 0 Å². The number of aromatic nitrogens is 2. The van der Waals surface area contributed by atoms with E-state index in [9.17, 15) is 4.79 Å². The van der Waals surface area contributed by atoms with Gasteiger partial charge in [0, 0.05) is 32.4 Å². The molecule has 1 amide bonds. The van der Waals surface area contributed by atoms with Gasteiger partial charge >= 0.3 is 0 Å². The lowest BCUT2D eigenvalue weighted by molar-refractivity contribution is -0.133. The summed E-state index contributed by atoms with van der Waals surface area (Å²) in [4.78, 5) is 16.3. The van der Waals surface area contributed by atoms with Gasteiger partial charge in [-0.05, 0) is 24.5 Å². The van der Waals surface area contributed by atoms with Crippen LogP contribution in [0.25, 0.3) is 0 Å². The summed E-state index contributed by atoms with van der Waals surface area (Å²) in [5.41, 5.74) is 5.96. The van der Waals surface area contributed by atoms with Crippen LogP contribution in [0.15, 0.2) is 18.3 Å². The van der Waals surface area contributed by atoms with Crippen LogP contribution in [0.2, 0.25) is 0 Å². The van der Waals surface area contributed by atoms with Crippen LogP contribution in [0.1, 0.15) is 20.3 Å². The number of hydrogen-bond acceptors (Lipinski definition) is 5. The zero-order valence-corrected chi connectivity index (χ0v) is 12.2. The van der Waals surface area contributed by atoms with Crippen molar-refractivity contribution >= 4 is 11.7 Å². The molecule has 20 heavy (non-hydrogen) atoms. The van der Waals surface area contributed by atoms with Gasteiger partial charge in [0.15, 0.2) is 5.82 Å². The molecule has 0 aromatic carbocycles. The summed E-state index contributed by atoms with van der Waals surface area (Å²) in [6, 6.07) is 3.42. The van der Waals surface area contributed by atoms with Crippen molar-refractivity contribution < 1.29 is 4.79 Å². The van der Waals surface area contributed by atoms with Crippen molar-refractivity contribution in [1.29, 1.82) is 0 Å². The van der Waals surface area contributed by atoms with Crippen LogP contribution in [0.3, 0.4) is 0 Å². The van der Waals surface area contributed by atoms with E-state index in [1.165, 1.54) is 0 Å². The van der Waals surface area contributed by atoms with Gasteiger partial charge in [0.2, 0.25) is 5.91 Å². The highest BCUT2D eigenvalue weighted by Crippen LogP contribution is 2.13. The molecule has 2 rings (SSSR count). The van der Waals surface area contributed by atoms with Crippen molar-refractivity contribution in [3.63, 3.8) is 0 Å². The van der Waals surface area contributed by atoms with Crippen molar-refractivity contribution in [3.05, 3.63) is 18.3 Å². The Balaban J connectivity index is 1.97. The second-order valence-electron chi connectivity index (χ2n) is 5.52. The molecule has 6 heteroatoms. The zero-order chi connectivity index (χ0) is 14.5. The van der Waals surface area contributed by atoms with Gasteiger partial charge in [-0.15, -0.1) is 5.10 Å². The second kappa shape index (κ2) is 6.65. The maximum atomic E-state index is 12.3. The minimum atomic E-state index is -0.405. The highest BCUT2D eigenvalue weighted by molar-refractivity contribution is 5.82. The number of carbonyl (C=O) groups excluding carboxylic acids is 1. The molecule has 1 fully saturated rings. The lowest BCUT2D eigenvalue weighted by atomic mass is 10.0. The van der Waals surface area contributed by atoms with Crippen LogP contribution in [0, 0.1) is 5.92 Å². The average molecular weight is 277 g/mol. The predicted octanol–water partition coefficient (Wildman–Crippen LogP) is 0.499. The first-order chi connectivity index (χ1) is 9.59. The Morgan fingerprint density at radius 1 is 1.30 bits per heavy atom. The SMILES string of the molecule is CC(C)[C@H](N)C(=O)N1CCCN(c2cccnn2)CC1. The number of hydrogen-bond donors (Lipinski definition) is 1. The fraction of sp³-hybridized carbons (Fsp3) is 0.643. The van der Waals surface area contributed by atoms with Crippen molar-refractivity contribution in [2.24, 2.45) is 11.7 Å². The molecule has 0 bridgehead atoms. The second-order valence-corrected chi connectivity index (χ2v) is 5.52. The van der Waals surface area contributed by atoms with Crippen LogP contribution in [0.4, 0.5) is 5.82 Å². The molecule has 0 spiro atoms. The zero-order valence-electron chi connectivity index (χ0n) is 12.2. The fourth-order valence-corrected chi connectivity index (χ4v) is 2.32. The maximum absolute atomic E-state index is 12.3. The molecule has 1 atom stereocenters. The fourth-order valence-electron chi connectivity index (χ4n) is 2.32. The van der Waals surface area contributed by atoms with E-state index in [2.05, 4.69) is 15.1 Å². The van der Waals surface area contributed by atoms with Gasteiger partial charge < -0.3 is 15.5 Å². The van der Waals surface area contributed by atoms with Gasteiger partial charge in [-0.3, -0.25) is 4.79 Å². The van der Waals surface area contributed by atoms with E-state index in [0.717, 1.165) is 31.9 Å². The molecule has 6 nitrogen and oxygen atoms in total. The van der Waals surface area contributed by atoms with Crippen LogP contribution >= 0.6 is 0 Å². The first kappa shape index (κ1) is 14.7. The van der Waals surface area contributed by atoms with E-state index in [4.69, 9.17) is 5.73 Å². The van der Waals surface area contributed by atoms with Gasteiger partial charge in [-0.1, -0.05) is 13.8 Å². The van der Waals surface area contributed by atoms with E-state index >= 15 is 0 Å². The van der Waals surface area contributed by atoms with Gasteiger partial charge in [0.05, 0.1) is 6.04 Å². The Hall–Kier alpha value is -1.69. The normalized spacial score (nSPS) is 18.0. The molecule has 0 unspecified atom stereocenters. The first-order valence-corrected chi connectivity index (χ1v) is 7.16. The van der Waals surface area contributed by atoms with Crippen LogP contribution in [-0.2, 0) is 4.79 Å². The van der Waals surface area contributed by atoms with Crippen LogP contribution in [0.5, 0.6) is 0 Å². The molecule has 0 radical (unpaired) electrons. The third kappa shape index (κ3) is 3.45. The summed E-state index contributed by atoms with van der Waals surface area (Å²) in [6.45, 7) is 7.07. The molecule has 1 aromatic heterocycles. The molecule has 110 valence electrons. The van der Waals surface area contributed by atoms with Gasteiger partial charge in [0.25, 0.3) is 0 Å². The topological polar surface area (TPSA) is 75.4 Å². The smallest absolute Gasteiger partial charge is 0.239 e. The Bertz CT molecular complexity index is 436. The standard InChI is InChI=1S/C14H23N5O/c1-11(2)13(15)14(20)19-8-4-7-18(9-10-19)12-5-3-6-16-17-12/h3,5-6,11,13H,4,7-10,15H2,1-2H3/t13-/m0/s1. The van der Waals surface area contributed by atoms with E-state index in [-0.39, 0.29) is 11.8 Å². The summed E-state index contributed by atoms with van der Waals surface area (Å²) in [5.74, 6) is 1.10. The molecule has 1 saturated heterocycles. The molecule has 1 aliphatic heterocycles. The molecular formula is C14H23N5O. The molecule has 0 saturated carbocycles. The number of amides is 1. The van der Waals surface area contributed by atoms with Crippen molar-refractivity contribution in [2.75, 3.05) is 31.1 Å². The lowest BCUT2D eigenvalue weighted by Crippen LogP contribution is -2.47. The Morgan fingerprint density at radius 2 is 2.10 bits per heavy atom. The van der Waals surface area contributed by atoms with E-state index in [1.54, 1.807) is 6.20 Å². The molecule has 0 aliphatic carbocycles. The third-order valence-electron chi connectivity index (χ3n) is 3.69. The summed E-state index contributed by atoms with van der Waals surface area (Å²) in [6.07, 6.45) is 2.59. The third-order valence-corrected chi connectivity index (χ3v) is 3.69. The summed E-state index contributed by atoms with van der Waals surface area (Å²) < 4.78 is 0. The first-order valence-electron chi connectivity index (χ1n) is 7.16. The van der Waals surface area contributed by atoms with E-state index < -0.39 is 6.04 Å². The largest absolute Gasteiger partial charge is 0.353 e. The van der Waals surface area contributed by atoms with Crippen LogP contribution in [-0.4, -0.2) is 53.2 Å². The molecule has 1 aliphatic rings. The summed E-state index contributed by atoms with van der Waals surface area (Å²) in [7, 11) is 0. The Labute approximate surface area is 120 Å². The molecule has 2 N–H and O–H groups in total. The molecule has 2 heterocycles. The number of anilines is 1. The highest BCUT2D eigenvalue weighted by atomic mass is 16.2. The predicted molar refractivity (Wildman–Crippen MR) is 78.3 cm³/mol. The van der Waals surface area contributed by atoms with Crippen molar-refractivity contribution in [1.82, 2.24) is 15.1 Å². The maximum Gasteiger partial charge on any atom is 0.239 e. The quantitative estimate of drug-likeness (QED) is 0.870. The Morgan fingerprint density at radius 3 is 2.75 bits per heavy atom. The van der Waals surface area contributed by atoms with E-state index in [1.807, 2.05) is 30.9 Å². The lowest BCUT2D eigenvalue weighted by Gasteiger charge is -2.26. The minimum absolute atomic E-state index is 0.0565. The highest BCUT2D eigenvalue weighted by Gasteiger charge is 2.25. The number of nitrogens with two attached hydrogens (primary N) is 1. The minimum Gasteiger partial charge on any atom is -0.353 e. The molecular weight excluding hydrogens is 254 g/mol. The number of rotatable bonds is 3. The van der Waals surface area contributed by atoms with Gasteiger partial charge in [-0.2, -0.15) is 5.10 Å². The van der Waals surface area contributed by atoms with Gasteiger partial charge in [-0.25, -0.2) is 0 Å². The van der Waals surface area contributed by atoms with E-state index in [0.29, 0.717) is 6.54 Å². The number of nitrogens with zero attached hydrogens (tertiary/aromatic N) is 4. The van der Waals surface area contributed by atoms with Crippen LogP contribution < -0.4 is 10.6 Å². The van der Waals surface area contributed by atoms with Crippen molar-refractivity contribution in [2.45, 2.75) is 26.3 Å². The molecule has 1 aromatic rings. The monoisotopic (exact) mass is 277 g/mol. The summed E-state index contributed by atoms with van der Waals surface area (Å²) in [5, 5.41) is 8.03. The average Bonchev–Trinajstić information content (AvgIpc) is 2.72. The van der Waals surface area contributed by atoms with Crippen molar-refractivity contribution in [3.8, 4) is 0 Å². The summed E-state index contributed by atoms with van der Waals surface area (Å²) >= 11 is 0. The Kier molecular flexibility index (Phi) is 4.89.